The molecule has 0 atom stereocenters. The van der Waals surface area contributed by atoms with Gasteiger partial charge in [-0.25, -0.2) is 5.48 Å². The number of aryl methyl sites for hydroxylation is 1. The highest BCUT2D eigenvalue weighted by Gasteiger charge is 2.17. The maximum absolute atomic E-state index is 11.5. The van der Waals surface area contributed by atoms with Gasteiger partial charge in [-0.05, 0) is 19.5 Å². The summed E-state index contributed by atoms with van der Waals surface area (Å²) in [6, 6.07) is 1.82. The van der Waals surface area contributed by atoms with E-state index in [2.05, 4.69) is 27.4 Å². The second kappa shape index (κ2) is 7.13. The highest BCUT2D eigenvalue weighted by Crippen LogP contribution is 2.12. The van der Waals surface area contributed by atoms with E-state index in [9.17, 15) is 4.79 Å². The Morgan fingerprint density at radius 2 is 2.17 bits per heavy atom. The Hall–Kier alpha value is -1.40. The topological polar surface area (TPSA) is 59.4 Å². The summed E-state index contributed by atoms with van der Waals surface area (Å²) in [6.07, 6.45) is 1.05. The first kappa shape index (κ1) is 14.7. The summed E-state index contributed by atoms with van der Waals surface area (Å²) >= 11 is 0. The molecule has 1 aromatic rings. The van der Waals surface area contributed by atoms with Crippen molar-refractivity contribution >= 4 is 5.91 Å². The molecule has 6 nitrogen and oxygen atoms in total. The molecule has 0 bridgehead atoms. The van der Waals surface area contributed by atoms with E-state index in [1.54, 1.807) is 0 Å². The number of hydroxylamine groups is 1. The molecule has 1 N–H and O–H groups in total. The van der Waals surface area contributed by atoms with Gasteiger partial charge in [-0.2, -0.15) is 5.10 Å². The summed E-state index contributed by atoms with van der Waals surface area (Å²) in [5.74, 6) is -0.300. The third-order valence-corrected chi connectivity index (χ3v) is 2.63. The van der Waals surface area contributed by atoms with E-state index in [-0.39, 0.29) is 5.91 Å². The van der Waals surface area contributed by atoms with E-state index in [1.807, 2.05) is 24.6 Å². The fourth-order valence-electron chi connectivity index (χ4n) is 1.88. The van der Waals surface area contributed by atoms with E-state index < -0.39 is 0 Å². The van der Waals surface area contributed by atoms with Gasteiger partial charge in [0.05, 0.1) is 12.8 Å². The molecular weight excluding hydrogens is 232 g/mol. The van der Waals surface area contributed by atoms with Crippen molar-refractivity contribution in [3.05, 3.63) is 17.5 Å². The highest BCUT2D eigenvalue weighted by molar-refractivity contribution is 5.91. The number of aromatic nitrogens is 2. The van der Waals surface area contributed by atoms with Crippen LogP contribution in [-0.2, 0) is 17.9 Å². The second-order valence-corrected chi connectivity index (χ2v) is 3.97. The zero-order valence-corrected chi connectivity index (χ0v) is 11.6. The molecule has 1 amide bonds. The predicted octanol–water partition coefficient (Wildman–Crippen LogP) is 1.04. The van der Waals surface area contributed by atoms with Gasteiger partial charge in [-0.1, -0.05) is 13.8 Å². The number of carbonyl (C=O) groups excluding carboxylic acids is 1. The third-order valence-electron chi connectivity index (χ3n) is 2.63. The SMILES string of the molecule is CC.CONC(=O)c1cc2n(n1)CCCN(C)C2. The van der Waals surface area contributed by atoms with E-state index in [0.717, 1.165) is 31.7 Å². The van der Waals surface area contributed by atoms with Crippen LogP contribution < -0.4 is 5.48 Å². The Kier molecular flexibility index (Phi) is 5.80. The van der Waals surface area contributed by atoms with Crippen LogP contribution >= 0.6 is 0 Å². The van der Waals surface area contributed by atoms with Crippen LogP contribution in [0.25, 0.3) is 0 Å². The zero-order chi connectivity index (χ0) is 13.5. The Bertz CT molecular complexity index is 389. The molecule has 2 heterocycles. The average Bonchev–Trinajstić information content (AvgIpc) is 2.67. The van der Waals surface area contributed by atoms with Crippen molar-refractivity contribution in [2.24, 2.45) is 0 Å². The van der Waals surface area contributed by atoms with Crippen LogP contribution in [-0.4, -0.2) is 41.3 Å². The number of carbonyl (C=O) groups is 1. The minimum Gasteiger partial charge on any atom is -0.300 e. The lowest BCUT2D eigenvalue weighted by molar-refractivity contribution is 0.0531. The molecule has 0 aliphatic carbocycles. The van der Waals surface area contributed by atoms with Crippen molar-refractivity contribution in [1.29, 1.82) is 0 Å². The van der Waals surface area contributed by atoms with Gasteiger partial charge in [-0.15, -0.1) is 0 Å². The van der Waals surface area contributed by atoms with Crippen molar-refractivity contribution < 1.29 is 9.63 Å². The van der Waals surface area contributed by atoms with Gasteiger partial charge in [0.15, 0.2) is 5.69 Å². The largest absolute Gasteiger partial charge is 0.300 e. The molecule has 102 valence electrons. The Morgan fingerprint density at radius 3 is 2.83 bits per heavy atom. The van der Waals surface area contributed by atoms with E-state index in [0.29, 0.717) is 5.69 Å². The number of nitrogens with one attached hydrogen (secondary N) is 1. The molecule has 0 saturated heterocycles. The minimum atomic E-state index is -0.300. The van der Waals surface area contributed by atoms with Crippen LogP contribution in [0.2, 0.25) is 0 Å². The normalized spacial score (nSPS) is 15.1. The van der Waals surface area contributed by atoms with Crippen LogP contribution in [0.15, 0.2) is 6.07 Å². The van der Waals surface area contributed by atoms with Crippen LogP contribution in [0.1, 0.15) is 36.5 Å². The Balaban J connectivity index is 0.000000771. The summed E-state index contributed by atoms with van der Waals surface area (Å²) in [5, 5.41) is 4.26. The summed E-state index contributed by atoms with van der Waals surface area (Å²) in [7, 11) is 3.48. The van der Waals surface area contributed by atoms with Gasteiger partial charge in [-0.3, -0.25) is 14.3 Å². The quantitative estimate of drug-likeness (QED) is 0.801. The molecular formula is C12H22N4O2. The molecule has 1 aliphatic heterocycles. The van der Waals surface area contributed by atoms with Gasteiger partial charge in [0.2, 0.25) is 0 Å². The fraction of sp³-hybridized carbons (Fsp3) is 0.667. The molecule has 1 aliphatic rings. The van der Waals surface area contributed by atoms with Gasteiger partial charge in [0.25, 0.3) is 5.91 Å². The van der Waals surface area contributed by atoms with Gasteiger partial charge in [0, 0.05) is 19.6 Å². The maximum atomic E-state index is 11.5. The van der Waals surface area contributed by atoms with Gasteiger partial charge < -0.3 is 4.90 Å². The van der Waals surface area contributed by atoms with E-state index in [4.69, 9.17) is 0 Å². The number of hydrogen-bond donors (Lipinski definition) is 1. The van der Waals surface area contributed by atoms with Gasteiger partial charge >= 0.3 is 0 Å². The lowest BCUT2D eigenvalue weighted by Gasteiger charge is -2.10. The zero-order valence-electron chi connectivity index (χ0n) is 11.6. The Labute approximate surface area is 108 Å². The molecule has 0 unspecified atom stereocenters. The van der Waals surface area contributed by atoms with Crippen molar-refractivity contribution in [3.63, 3.8) is 0 Å². The van der Waals surface area contributed by atoms with Crippen molar-refractivity contribution in [1.82, 2.24) is 20.2 Å². The summed E-state index contributed by atoms with van der Waals surface area (Å²) in [4.78, 5) is 18.3. The highest BCUT2D eigenvalue weighted by atomic mass is 16.6. The lowest BCUT2D eigenvalue weighted by Crippen LogP contribution is -2.22. The molecule has 0 radical (unpaired) electrons. The van der Waals surface area contributed by atoms with E-state index in [1.165, 1.54) is 7.11 Å². The van der Waals surface area contributed by atoms with Crippen LogP contribution in [0.5, 0.6) is 0 Å². The molecule has 0 saturated carbocycles. The minimum absolute atomic E-state index is 0.300. The fourth-order valence-corrected chi connectivity index (χ4v) is 1.88. The first-order chi connectivity index (χ1) is 8.70. The number of fused-ring (bicyclic) bond motifs is 1. The number of nitrogens with zero attached hydrogens (tertiary/aromatic N) is 3. The smallest absolute Gasteiger partial charge is 0.295 e. The van der Waals surface area contributed by atoms with Crippen LogP contribution in [0.4, 0.5) is 0 Å². The lowest BCUT2D eigenvalue weighted by atomic mass is 10.3. The molecule has 0 aromatic carbocycles. The number of amides is 1. The molecule has 6 heteroatoms. The third kappa shape index (κ3) is 3.54. The van der Waals surface area contributed by atoms with Crippen LogP contribution in [0, 0.1) is 0 Å². The summed E-state index contributed by atoms with van der Waals surface area (Å²) < 4.78 is 1.90. The first-order valence-corrected chi connectivity index (χ1v) is 6.29. The van der Waals surface area contributed by atoms with Crippen molar-refractivity contribution in [2.45, 2.75) is 33.4 Å². The number of hydrogen-bond acceptors (Lipinski definition) is 4. The molecule has 1 aromatic heterocycles. The predicted molar refractivity (Wildman–Crippen MR) is 69.0 cm³/mol. The monoisotopic (exact) mass is 254 g/mol. The molecule has 18 heavy (non-hydrogen) atoms. The summed E-state index contributed by atoms with van der Waals surface area (Å²) in [6.45, 7) is 6.75. The Morgan fingerprint density at radius 1 is 1.44 bits per heavy atom. The van der Waals surface area contributed by atoms with Crippen molar-refractivity contribution in [3.8, 4) is 0 Å². The van der Waals surface area contributed by atoms with Gasteiger partial charge in [0.1, 0.15) is 0 Å². The van der Waals surface area contributed by atoms with Crippen molar-refractivity contribution in [2.75, 3.05) is 20.7 Å². The first-order valence-electron chi connectivity index (χ1n) is 6.29. The molecule has 0 spiro atoms. The maximum Gasteiger partial charge on any atom is 0.295 e. The van der Waals surface area contributed by atoms with E-state index >= 15 is 0 Å². The summed E-state index contributed by atoms with van der Waals surface area (Å²) in [5.41, 5.74) is 3.75. The van der Waals surface area contributed by atoms with Crippen LogP contribution in [0.3, 0.4) is 0 Å². The number of rotatable bonds is 2. The molecule has 0 fully saturated rings. The average molecular weight is 254 g/mol. The molecule has 2 rings (SSSR count). The standard InChI is InChI=1S/C10H16N4O2.C2H6/c1-13-4-3-5-14-8(7-13)6-9(11-14)10(15)12-16-2;1-2/h6H,3-5,7H2,1-2H3,(H,12,15);1-2H3. The second-order valence-electron chi connectivity index (χ2n) is 3.97.